The van der Waals surface area contributed by atoms with Crippen LogP contribution >= 0.6 is 11.8 Å². The van der Waals surface area contributed by atoms with E-state index in [0.29, 0.717) is 16.7 Å². The van der Waals surface area contributed by atoms with Crippen molar-refractivity contribution < 1.29 is 13.9 Å². The van der Waals surface area contributed by atoms with Crippen LogP contribution in [0.1, 0.15) is 5.76 Å². The largest absolute Gasteiger partial charge is 0.497 e. The summed E-state index contributed by atoms with van der Waals surface area (Å²) in [6, 6.07) is 18.9. The molecule has 2 aromatic heterocycles. The molecular weight excluding hydrogens is 400 g/mol. The highest BCUT2D eigenvalue weighted by atomic mass is 32.2. The van der Waals surface area contributed by atoms with E-state index in [0.717, 1.165) is 22.8 Å². The SMILES string of the molecule is COc1ccc(NC(=O)CSc2nnc(-c3ccoc3C)n2-c2ccccc2)cc1. The Balaban J connectivity index is 1.54. The Labute approximate surface area is 178 Å². The highest BCUT2D eigenvalue weighted by Gasteiger charge is 2.19. The fourth-order valence-electron chi connectivity index (χ4n) is 2.97. The molecule has 0 aliphatic carbocycles. The van der Waals surface area contributed by atoms with Gasteiger partial charge in [0.2, 0.25) is 5.91 Å². The lowest BCUT2D eigenvalue weighted by Crippen LogP contribution is -2.14. The molecule has 4 aromatic rings. The van der Waals surface area contributed by atoms with E-state index in [2.05, 4.69) is 15.5 Å². The Hall–Kier alpha value is -3.52. The lowest BCUT2D eigenvalue weighted by molar-refractivity contribution is -0.113. The van der Waals surface area contributed by atoms with Crippen LogP contribution in [0.25, 0.3) is 17.1 Å². The van der Waals surface area contributed by atoms with Crippen LogP contribution in [0.2, 0.25) is 0 Å². The average Bonchev–Trinajstić information content (AvgIpc) is 3.39. The molecule has 2 heterocycles. The smallest absolute Gasteiger partial charge is 0.234 e. The molecule has 0 aliphatic rings. The van der Waals surface area contributed by atoms with Gasteiger partial charge in [-0.1, -0.05) is 30.0 Å². The zero-order valence-electron chi connectivity index (χ0n) is 16.5. The van der Waals surface area contributed by atoms with Crippen LogP contribution in [0, 0.1) is 6.92 Å². The van der Waals surface area contributed by atoms with Crippen LogP contribution in [0.4, 0.5) is 5.69 Å². The van der Waals surface area contributed by atoms with Gasteiger partial charge < -0.3 is 14.5 Å². The van der Waals surface area contributed by atoms with E-state index < -0.39 is 0 Å². The van der Waals surface area contributed by atoms with Gasteiger partial charge in [0.1, 0.15) is 11.5 Å². The van der Waals surface area contributed by atoms with Gasteiger partial charge >= 0.3 is 0 Å². The molecule has 30 heavy (non-hydrogen) atoms. The second-order valence-electron chi connectivity index (χ2n) is 6.43. The number of hydrogen-bond acceptors (Lipinski definition) is 6. The number of thioether (sulfide) groups is 1. The summed E-state index contributed by atoms with van der Waals surface area (Å²) in [7, 11) is 1.60. The Morgan fingerprint density at radius 3 is 2.53 bits per heavy atom. The minimum atomic E-state index is -0.131. The van der Waals surface area contributed by atoms with Crippen molar-refractivity contribution in [2.45, 2.75) is 12.1 Å². The first-order valence-electron chi connectivity index (χ1n) is 9.27. The molecule has 0 fully saturated rings. The third kappa shape index (κ3) is 4.23. The lowest BCUT2D eigenvalue weighted by Gasteiger charge is -2.10. The second-order valence-corrected chi connectivity index (χ2v) is 7.38. The molecule has 0 spiro atoms. The number of hydrogen-bond donors (Lipinski definition) is 1. The highest BCUT2D eigenvalue weighted by Crippen LogP contribution is 2.30. The molecule has 0 atom stereocenters. The molecule has 1 amide bonds. The van der Waals surface area contributed by atoms with Gasteiger partial charge in [-0.05, 0) is 49.4 Å². The number of rotatable bonds is 7. The maximum Gasteiger partial charge on any atom is 0.234 e. The number of furan rings is 1. The number of methoxy groups -OCH3 is 1. The van der Waals surface area contributed by atoms with Crippen LogP contribution in [-0.4, -0.2) is 33.5 Å². The second kappa shape index (κ2) is 8.87. The van der Waals surface area contributed by atoms with Gasteiger partial charge in [0.15, 0.2) is 11.0 Å². The molecule has 0 radical (unpaired) electrons. The highest BCUT2D eigenvalue weighted by molar-refractivity contribution is 7.99. The predicted octanol–water partition coefficient (Wildman–Crippen LogP) is 4.58. The maximum atomic E-state index is 12.4. The van der Waals surface area contributed by atoms with Crippen molar-refractivity contribution in [3.8, 4) is 22.8 Å². The first kappa shape index (κ1) is 19.8. The van der Waals surface area contributed by atoms with Crippen molar-refractivity contribution >= 4 is 23.4 Å². The molecule has 0 saturated heterocycles. The summed E-state index contributed by atoms with van der Waals surface area (Å²) in [5, 5.41) is 12.2. The van der Waals surface area contributed by atoms with Crippen molar-refractivity contribution in [2.24, 2.45) is 0 Å². The number of amides is 1. The van der Waals surface area contributed by atoms with Gasteiger partial charge in [-0.15, -0.1) is 10.2 Å². The predicted molar refractivity (Wildman–Crippen MR) is 116 cm³/mol. The number of nitrogens with zero attached hydrogens (tertiary/aromatic N) is 3. The molecule has 2 aromatic carbocycles. The molecule has 7 nitrogen and oxygen atoms in total. The van der Waals surface area contributed by atoms with Crippen molar-refractivity contribution in [1.82, 2.24) is 14.8 Å². The van der Waals surface area contributed by atoms with E-state index in [-0.39, 0.29) is 11.7 Å². The fourth-order valence-corrected chi connectivity index (χ4v) is 3.72. The molecular formula is C22H20N4O3S. The number of nitrogens with one attached hydrogen (secondary N) is 1. The molecule has 0 saturated carbocycles. The van der Waals surface area contributed by atoms with Gasteiger partial charge in [0, 0.05) is 11.4 Å². The van der Waals surface area contributed by atoms with Gasteiger partial charge in [-0.2, -0.15) is 0 Å². The minimum absolute atomic E-state index is 0.131. The molecule has 4 rings (SSSR count). The maximum absolute atomic E-state index is 12.4. The van der Waals surface area contributed by atoms with Gasteiger partial charge in [-0.25, -0.2) is 0 Å². The summed E-state index contributed by atoms with van der Waals surface area (Å²) < 4.78 is 12.5. The van der Waals surface area contributed by atoms with Crippen LogP contribution < -0.4 is 10.1 Å². The summed E-state index contributed by atoms with van der Waals surface area (Å²) in [6.45, 7) is 1.88. The van der Waals surface area contributed by atoms with Crippen molar-refractivity contribution in [3.05, 3.63) is 72.7 Å². The van der Waals surface area contributed by atoms with Crippen molar-refractivity contribution in [1.29, 1.82) is 0 Å². The monoisotopic (exact) mass is 420 g/mol. The van der Waals surface area contributed by atoms with Crippen molar-refractivity contribution in [2.75, 3.05) is 18.2 Å². The number of aryl methyl sites for hydroxylation is 1. The first-order chi connectivity index (χ1) is 14.7. The van der Waals surface area contributed by atoms with Crippen LogP contribution in [0.15, 0.2) is 76.5 Å². The summed E-state index contributed by atoms with van der Waals surface area (Å²) in [5.41, 5.74) is 2.48. The van der Waals surface area contributed by atoms with E-state index in [1.165, 1.54) is 11.8 Å². The molecule has 1 N–H and O–H groups in total. The van der Waals surface area contributed by atoms with Gasteiger partial charge in [-0.3, -0.25) is 9.36 Å². The summed E-state index contributed by atoms with van der Waals surface area (Å²) >= 11 is 1.32. The summed E-state index contributed by atoms with van der Waals surface area (Å²) in [4.78, 5) is 12.4. The van der Waals surface area contributed by atoms with Crippen LogP contribution in [-0.2, 0) is 4.79 Å². The van der Waals surface area contributed by atoms with E-state index >= 15 is 0 Å². The standard InChI is InChI=1S/C22H20N4O3S/c1-15-19(12-13-29-15)21-24-25-22(26(21)17-6-4-3-5-7-17)30-14-20(27)23-16-8-10-18(28-2)11-9-16/h3-13H,14H2,1-2H3,(H,23,27). The number of ether oxygens (including phenoxy) is 1. The zero-order chi connectivity index (χ0) is 20.9. The van der Waals surface area contributed by atoms with E-state index in [9.17, 15) is 4.79 Å². The first-order valence-corrected chi connectivity index (χ1v) is 10.3. The third-order valence-electron chi connectivity index (χ3n) is 4.45. The van der Waals surface area contributed by atoms with Gasteiger partial charge in [0.25, 0.3) is 0 Å². The molecule has 8 heteroatoms. The molecule has 0 bridgehead atoms. The number of carbonyl (C=O) groups excluding carboxylic acids is 1. The minimum Gasteiger partial charge on any atom is -0.497 e. The lowest BCUT2D eigenvalue weighted by atomic mass is 10.2. The number of aromatic nitrogens is 3. The van der Waals surface area contributed by atoms with Crippen molar-refractivity contribution in [3.63, 3.8) is 0 Å². The van der Waals surface area contributed by atoms with Crippen LogP contribution in [0.3, 0.4) is 0 Å². The van der Waals surface area contributed by atoms with Crippen LogP contribution in [0.5, 0.6) is 5.75 Å². The molecule has 152 valence electrons. The third-order valence-corrected chi connectivity index (χ3v) is 5.38. The molecule has 0 aliphatic heterocycles. The zero-order valence-corrected chi connectivity index (χ0v) is 17.3. The Morgan fingerprint density at radius 2 is 1.87 bits per heavy atom. The quantitative estimate of drug-likeness (QED) is 0.441. The van der Waals surface area contributed by atoms with E-state index in [1.54, 1.807) is 37.6 Å². The Bertz CT molecular complexity index is 1140. The number of benzene rings is 2. The number of carbonyl (C=O) groups is 1. The average molecular weight is 420 g/mol. The Kier molecular flexibility index (Phi) is 5.85. The Morgan fingerprint density at radius 1 is 1.10 bits per heavy atom. The topological polar surface area (TPSA) is 82.2 Å². The van der Waals surface area contributed by atoms with Gasteiger partial charge in [0.05, 0.1) is 24.7 Å². The fraction of sp³-hybridized carbons (Fsp3) is 0.136. The normalized spacial score (nSPS) is 10.7. The molecule has 0 unspecified atom stereocenters. The number of anilines is 1. The summed E-state index contributed by atoms with van der Waals surface area (Å²) in [6.07, 6.45) is 1.63. The van der Waals surface area contributed by atoms with E-state index in [1.807, 2.05) is 47.9 Å². The summed E-state index contributed by atoms with van der Waals surface area (Å²) in [5.74, 6) is 2.23. The number of para-hydroxylation sites is 1. The van der Waals surface area contributed by atoms with E-state index in [4.69, 9.17) is 9.15 Å².